The molecule has 1 N–H and O–H groups in total. The van der Waals surface area contributed by atoms with E-state index in [1.807, 2.05) is 19.1 Å². The van der Waals surface area contributed by atoms with Gasteiger partial charge in [-0.25, -0.2) is 8.42 Å². The number of sulfonamides is 1. The molecule has 1 atom stereocenters. The topological polar surface area (TPSA) is 96.0 Å². The molecule has 170 valence electrons. The van der Waals surface area contributed by atoms with Crippen LogP contribution in [0.1, 0.15) is 28.8 Å². The van der Waals surface area contributed by atoms with Crippen LogP contribution in [0, 0.1) is 6.92 Å². The molecule has 0 spiro atoms. The molecule has 8 nitrogen and oxygen atoms in total. The van der Waals surface area contributed by atoms with Crippen LogP contribution in [-0.2, 0) is 19.6 Å². The molecular weight excluding hydrogens is 430 g/mol. The Morgan fingerprint density at radius 2 is 1.56 bits per heavy atom. The molecule has 2 aliphatic heterocycles. The minimum Gasteiger partial charge on any atom is -0.368 e. The van der Waals surface area contributed by atoms with Crippen molar-refractivity contribution >= 4 is 27.5 Å². The number of rotatable bonds is 5. The first kappa shape index (κ1) is 22.3. The minimum absolute atomic E-state index is 0.00485. The SMILES string of the molecule is Cc1ccc(NS(=O)(=O)c2ccc(C(=O)N3CCN(C(=O)C4CCCO4)CC3)cc2)cc1. The fourth-order valence-corrected chi connectivity index (χ4v) is 4.96. The molecule has 9 heteroatoms. The van der Waals surface area contributed by atoms with Crippen molar-refractivity contribution in [2.45, 2.75) is 30.8 Å². The van der Waals surface area contributed by atoms with Gasteiger partial charge >= 0.3 is 0 Å². The summed E-state index contributed by atoms with van der Waals surface area (Å²) in [5, 5.41) is 0. The molecule has 0 aromatic heterocycles. The normalized spacial score (nSPS) is 19.1. The number of carbonyl (C=O) groups is 2. The molecular formula is C23H27N3O5S. The monoisotopic (exact) mass is 457 g/mol. The van der Waals surface area contributed by atoms with Crippen molar-refractivity contribution in [2.75, 3.05) is 37.5 Å². The van der Waals surface area contributed by atoms with Crippen molar-refractivity contribution in [3.63, 3.8) is 0 Å². The van der Waals surface area contributed by atoms with Gasteiger partial charge in [0, 0.05) is 44.0 Å². The number of aryl methyl sites for hydroxylation is 1. The van der Waals surface area contributed by atoms with Gasteiger partial charge in [0.25, 0.3) is 21.8 Å². The quantitative estimate of drug-likeness (QED) is 0.743. The van der Waals surface area contributed by atoms with Gasteiger partial charge in [0.05, 0.1) is 4.90 Å². The lowest BCUT2D eigenvalue weighted by atomic mass is 10.1. The standard InChI is InChI=1S/C23H27N3O5S/c1-17-4-8-19(9-5-17)24-32(29,30)20-10-6-18(7-11-20)22(27)25-12-14-26(15-13-25)23(28)21-3-2-16-31-21/h4-11,21,24H,2-3,12-16H2,1H3. The zero-order valence-electron chi connectivity index (χ0n) is 18.0. The van der Waals surface area contributed by atoms with Crippen LogP contribution in [0.15, 0.2) is 53.4 Å². The summed E-state index contributed by atoms with van der Waals surface area (Å²) in [7, 11) is -3.75. The van der Waals surface area contributed by atoms with Crippen molar-refractivity contribution < 1.29 is 22.7 Å². The summed E-state index contributed by atoms with van der Waals surface area (Å²) in [5.74, 6) is -0.171. The third-order valence-electron chi connectivity index (χ3n) is 5.80. The molecule has 2 fully saturated rings. The highest BCUT2D eigenvalue weighted by Crippen LogP contribution is 2.19. The lowest BCUT2D eigenvalue weighted by molar-refractivity contribution is -0.142. The number of hydrogen-bond donors (Lipinski definition) is 1. The minimum atomic E-state index is -3.75. The lowest BCUT2D eigenvalue weighted by Gasteiger charge is -2.35. The van der Waals surface area contributed by atoms with E-state index < -0.39 is 10.0 Å². The maximum absolute atomic E-state index is 12.8. The third kappa shape index (κ3) is 4.94. The predicted molar refractivity (Wildman–Crippen MR) is 120 cm³/mol. The number of benzene rings is 2. The largest absolute Gasteiger partial charge is 0.368 e. The van der Waals surface area contributed by atoms with Gasteiger partial charge in [-0.2, -0.15) is 0 Å². The molecule has 0 radical (unpaired) electrons. The summed E-state index contributed by atoms with van der Waals surface area (Å²) in [6, 6.07) is 13.0. The number of ether oxygens (including phenoxy) is 1. The second-order valence-corrected chi connectivity index (χ2v) is 9.80. The Kier molecular flexibility index (Phi) is 6.48. The van der Waals surface area contributed by atoms with E-state index in [4.69, 9.17) is 4.74 Å². The van der Waals surface area contributed by atoms with Gasteiger partial charge in [-0.15, -0.1) is 0 Å². The summed E-state index contributed by atoms with van der Waals surface area (Å²) in [4.78, 5) is 28.8. The van der Waals surface area contributed by atoms with E-state index in [-0.39, 0.29) is 22.8 Å². The molecule has 4 rings (SSSR count). The summed E-state index contributed by atoms with van der Waals surface area (Å²) in [6.07, 6.45) is 1.31. The van der Waals surface area contributed by atoms with Crippen LogP contribution in [0.4, 0.5) is 5.69 Å². The number of piperazine rings is 1. The molecule has 0 bridgehead atoms. The van der Waals surface area contributed by atoms with E-state index >= 15 is 0 Å². The molecule has 1 unspecified atom stereocenters. The first-order valence-electron chi connectivity index (χ1n) is 10.7. The Labute approximate surface area is 188 Å². The van der Waals surface area contributed by atoms with E-state index in [9.17, 15) is 18.0 Å². The molecule has 0 aliphatic carbocycles. The van der Waals surface area contributed by atoms with Gasteiger partial charge in [0.15, 0.2) is 0 Å². The Morgan fingerprint density at radius 1 is 0.938 bits per heavy atom. The fourth-order valence-electron chi connectivity index (χ4n) is 3.90. The highest BCUT2D eigenvalue weighted by Gasteiger charge is 2.31. The molecule has 2 amide bonds. The Bertz CT molecular complexity index is 1070. The summed E-state index contributed by atoms with van der Waals surface area (Å²) >= 11 is 0. The number of nitrogens with one attached hydrogen (secondary N) is 1. The van der Waals surface area contributed by atoms with Gasteiger partial charge in [-0.1, -0.05) is 17.7 Å². The van der Waals surface area contributed by atoms with E-state index in [1.54, 1.807) is 21.9 Å². The maximum atomic E-state index is 12.8. The highest BCUT2D eigenvalue weighted by atomic mass is 32.2. The van der Waals surface area contributed by atoms with E-state index in [1.165, 1.54) is 24.3 Å². The van der Waals surface area contributed by atoms with Gasteiger partial charge in [-0.3, -0.25) is 14.3 Å². The lowest BCUT2D eigenvalue weighted by Crippen LogP contribution is -2.52. The average Bonchev–Trinajstić information content (AvgIpc) is 3.35. The number of amides is 2. The molecule has 2 saturated heterocycles. The predicted octanol–water partition coefficient (Wildman–Crippen LogP) is 2.26. The fraction of sp³-hybridized carbons (Fsp3) is 0.391. The Hall–Kier alpha value is -2.91. The maximum Gasteiger partial charge on any atom is 0.261 e. The first-order valence-corrected chi connectivity index (χ1v) is 12.2. The zero-order valence-corrected chi connectivity index (χ0v) is 18.8. The second kappa shape index (κ2) is 9.30. The van der Waals surface area contributed by atoms with Crippen molar-refractivity contribution in [2.24, 2.45) is 0 Å². The van der Waals surface area contributed by atoms with Gasteiger partial charge < -0.3 is 14.5 Å². The summed E-state index contributed by atoms with van der Waals surface area (Å²) < 4.78 is 33.3. The first-order chi connectivity index (χ1) is 15.3. The van der Waals surface area contributed by atoms with Crippen LogP contribution in [0.3, 0.4) is 0 Å². The van der Waals surface area contributed by atoms with E-state index in [0.29, 0.717) is 44.0 Å². The average molecular weight is 458 g/mol. The van der Waals surface area contributed by atoms with Gasteiger partial charge in [0.1, 0.15) is 6.10 Å². The number of carbonyl (C=O) groups excluding carboxylic acids is 2. The zero-order chi connectivity index (χ0) is 22.7. The van der Waals surface area contributed by atoms with E-state index in [2.05, 4.69) is 4.72 Å². The van der Waals surface area contributed by atoms with Crippen molar-refractivity contribution in [3.05, 3.63) is 59.7 Å². The summed E-state index contributed by atoms with van der Waals surface area (Å²) in [5.41, 5.74) is 1.93. The molecule has 2 aromatic carbocycles. The second-order valence-electron chi connectivity index (χ2n) is 8.12. The van der Waals surface area contributed by atoms with Gasteiger partial charge in [0.2, 0.25) is 0 Å². The van der Waals surface area contributed by atoms with Gasteiger partial charge in [-0.05, 0) is 56.2 Å². The molecule has 0 saturated carbocycles. The van der Waals surface area contributed by atoms with Crippen LogP contribution in [-0.4, -0.2) is 68.9 Å². The molecule has 2 heterocycles. The number of hydrogen-bond acceptors (Lipinski definition) is 5. The van der Waals surface area contributed by atoms with Crippen LogP contribution < -0.4 is 4.72 Å². The summed E-state index contributed by atoms with van der Waals surface area (Å²) in [6.45, 7) is 4.37. The number of anilines is 1. The van der Waals surface area contributed by atoms with Crippen LogP contribution in [0.2, 0.25) is 0 Å². The Balaban J connectivity index is 1.36. The van der Waals surface area contributed by atoms with Crippen molar-refractivity contribution in [3.8, 4) is 0 Å². The molecule has 2 aliphatic rings. The van der Waals surface area contributed by atoms with E-state index in [0.717, 1.165) is 18.4 Å². The van der Waals surface area contributed by atoms with Crippen molar-refractivity contribution in [1.82, 2.24) is 9.80 Å². The molecule has 32 heavy (non-hydrogen) atoms. The van der Waals surface area contributed by atoms with Crippen LogP contribution in [0.5, 0.6) is 0 Å². The molecule has 2 aromatic rings. The van der Waals surface area contributed by atoms with Crippen molar-refractivity contribution in [1.29, 1.82) is 0 Å². The van der Waals surface area contributed by atoms with Crippen LogP contribution in [0.25, 0.3) is 0 Å². The smallest absolute Gasteiger partial charge is 0.261 e. The highest BCUT2D eigenvalue weighted by molar-refractivity contribution is 7.92. The Morgan fingerprint density at radius 3 is 2.16 bits per heavy atom. The van der Waals surface area contributed by atoms with Crippen LogP contribution >= 0.6 is 0 Å². The number of nitrogens with zero attached hydrogens (tertiary/aromatic N) is 2. The third-order valence-corrected chi connectivity index (χ3v) is 7.20.